The average molecular weight is 277 g/mol. The van der Waals surface area contributed by atoms with E-state index < -0.39 is 15.5 Å². The van der Waals surface area contributed by atoms with Gasteiger partial charge in [0.15, 0.2) is 5.06 Å². The lowest BCUT2D eigenvalue weighted by Crippen LogP contribution is -2.24. The Labute approximate surface area is 111 Å². The zero-order chi connectivity index (χ0) is 14.0. The monoisotopic (exact) mass is 277 g/mol. The highest BCUT2D eigenvalue weighted by molar-refractivity contribution is 7.11. The number of aromatic amines is 1. The van der Waals surface area contributed by atoms with Gasteiger partial charge in [-0.05, 0) is 23.0 Å². The van der Waals surface area contributed by atoms with Crippen molar-refractivity contribution in [3.63, 3.8) is 0 Å². The molecule has 19 heavy (non-hydrogen) atoms. The Kier molecular flexibility index (Phi) is 3.48. The molecule has 0 radical (unpaired) electrons. The molecule has 0 saturated heterocycles. The largest absolute Gasteiger partial charge is 0.499 e. The van der Waals surface area contributed by atoms with Gasteiger partial charge in [0.1, 0.15) is 5.56 Å². The van der Waals surface area contributed by atoms with Crippen molar-refractivity contribution in [2.75, 3.05) is 5.73 Å². The minimum absolute atomic E-state index is 0.0899. The van der Waals surface area contributed by atoms with Gasteiger partial charge in [-0.1, -0.05) is 18.2 Å². The molecule has 0 aliphatic carbocycles. The van der Waals surface area contributed by atoms with E-state index in [4.69, 9.17) is 11.1 Å². The summed E-state index contributed by atoms with van der Waals surface area (Å²) in [5, 5.41) is 17.1. The molecule has 0 bridgehead atoms. The van der Waals surface area contributed by atoms with Crippen LogP contribution in [0.5, 0.6) is 5.06 Å². The summed E-state index contributed by atoms with van der Waals surface area (Å²) in [5.41, 5.74) is 5.90. The number of anilines is 1. The average Bonchev–Trinajstić information content (AvgIpc) is 2.30. The molecule has 2 aromatic rings. The summed E-state index contributed by atoms with van der Waals surface area (Å²) in [4.78, 5) is 24.0. The molecule has 0 fully saturated rings. The lowest BCUT2D eigenvalue weighted by Gasteiger charge is -2.07. The minimum atomic E-state index is -0.763. The van der Waals surface area contributed by atoms with Crippen LogP contribution in [0.4, 0.5) is 5.69 Å². The first-order valence-corrected chi connectivity index (χ1v) is 6.18. The highest BCUT2D eigenvalue weighted by Gasteiger charge is 2.15. The molecule has 0 aliphatic heterocycles. The van der Waals surface area contributed by atoms with Gasteiger partial charge in [0.05, 0.1) is 5.71 Å². The van der Waals surface area contributed by atoms with Crippen molar-refractivity contribution >= 4 is 22.7 Å². The third-order valence-electron chi connectivity index (χ3n) is 2.57. The van der Waals surface area contributed by atoms with Crippen LogP contribution in [-0.4, -0.2) is 15.8 Å². The van der Waals surface area contributed by atoms with Crippen molar-refractivity contribution in [1.29, 1.82) is 5.41 Å². The van der Waals surface area contributed by atoms with Crippen LogP contribution in [0.15, 0.2) is 33.9 Å². The van der Waals surface area contributed by atoms with E-state index in [-0.39, 0.29) is 17.7 Å². The van der Waals surface area contributed by atoms with Crippen molar-refractivity contribution in [1.82, 2.24) is 4.98 Å². The van der Waals surface area contributed by atoms with Crippen LogP contribution in [0, 0.1) is 5.41 Å². The molecule has 98 valence electrons. The third-order valence-corrected chi connectivity index (χ3v) is 3.25. The number of nitrogen functional groups attached to an aromatic ring is 1. The molecule has 0 aliphatic rings. The minimum Gasteiger partial charge on any atom is -0.499 e. The maximum atomic E-state index is 11.6. The van der Waals surface area contributed by atoms with Gasteiger partial charge in [-0.2, -0.15) is 0 Å². The van der Waals surface area contributed by atoms with Crippen LogP contribution in [-0.2, 0) is 6.42 Å². The van der Waals surface area contributed by atoms with Gasteiger partial charge in [-0.3, -0.25) is 14.6 Å². The molecule has 0 atom stereocenters. The summed E-state index contributed by atoms with van der Waals surface area (Å²) in [5.74, 6) is 0. The van der Waals surface area contributed by atoms with Crippen molar-refractivity contribution in [2.45, 2.75) is 6.42 Å². The molecule has 1 heterocycles. The molecule has 0 unspecified atom stereocenters. The van der Waals surface area contributed by atoms with Gasteiger partial charge in [0.25, 0.3) is 5.56 Å². The summed E-state index contributed by atoms with van der Waals surface area (Å²) >= 11 is 0.488. The predicted molar refractivity (Wildman–Crippen MR) is 74.3 cm³/mol. The number of aromatic nitrogens is 1. The van der Waals surface area contributed by atoms with Gasteiger partial charge in [-0.25, -0.2) is 0 Å². The zero-order valence-corrected chi connectivity index (χ0v) is 10.6. The van der Waals surface area contributed by atoms with Crippen LogP contribution in [0.2, 0.25) is 0 Å². The van der Waals surface area contributed by atoms with Gasteiger partial charge < -0.3 is 16.2 Å². The van der Waals surface area contributed by atoms with Gasteiger partial charge in [-0.15, -0.1) is 0 Å². The fourth-order valence-corrected chi connectivity index (χ4v) is 2.29. The van der Waals surface area contributed by atoms with E-state index >= 15 is 0 Å². The number of H-pyrrole nitrogens is 1. The van der Waals surface area contributed by atoms with E-state index in [9.17, 15) is 14.7 Å². The second-order valence-electron chi connectivity index (χ2n) is 3.88. The van der Waals surface area contributed by atoms with Crippen LogP contribution in [0.1, 0.15) is 11.1 Å². The van der Waals surface area contributed by atoms with Crippen LogP contribution in [0.3, 0.4) is 0 Å². The Hall–Kier alpha value is -2.41. The highest BCUT2D eigenvalue weighted by atomic mass is 32.1. The Bertz CT molecular complexity index is 748. The topological polar surface area (TPSA) is 120 Å². The molecule has 5 N–H and O–H groups in total. The molecule has 1 aromatic heterocycles. The van der Waals surface area contributed by atoms with Crippen molar-refractivity contribution < 1.29 is 5.11 Å². The standard InChI is InChI=1S/C12H11N3O3S/c13-7-4-2-1-3-6(7)5-8(14)9-10(16)15-12(18)19-11(9)17/h1-4,14,17H,5,13H2,(H,15,16,18). The van der Waals surface area contributed by atoms with Crippen LogP contribution in [0.25, 0.3) is 0 Å². The molecule has 0 spiro atoms. The van der Waals surface area contributed by atoms with Crippen molar-refractivity contribution in [3.8, 4) is 5.06 Å². The molecular weight excluding hydrogens is 266 g/mol. The number of para-hydroxylation sites is 1. The van der Waals surface area contributed by atoms with E-state index in [0.717, 1.165) is 0 Å². The fraction of sp³-hybridized carbons (Fsp3) is 0.0833. The number of rotatable bonds is 3. The number of nitrogens with two attached hydrogens (primary N) is 1. The number of nitrogens with one attached hydrogen (secondary N) is 2. The van der Waals surface area contributed by atoms with Crippen molar-refractivity contribution in [2.24, 2.45) is 0 Å². The predicted octanol–water partition coefficient (Wildman–Crippen LogP) is 0.695. The summed E-state index contributed by atoms with van der Waals surface area (Å²) < 4.78 is 0. The first-order chi connectivity index (χ1) is 8.99. The molecule has 7 heteroatoms. The summed E-state index contributed by atoms with van der Waals surface area (Å²) in [7, 11) is 0. The second-order valence-corrected chi connectivity index (χ2v) is 4.84. The lowest BCUT2D eigenvalue weighted by atomic mass is 10.0. The number of hydrogen-bond acceptors (Lipinski definition) is 6. The van der Waals surface area contributed by atoms with E-state index in [1.807, 2.05) is 4.98 Å². The Morgan fingerprint density at radius 1 is 1.37 bits per heavy atom. The van der Waals surface area contributed by atoms with Crippen LogP contribution >= 0.6 is 11.3 Å². The number of benzene rings is 1. The Balaban J connectivity index is 2.39. The lowest BCUT2D eigenvalue weighted by molar-refractivity contribution is 0.487. The SMILES string of the molecule is N=C(Cc1ccccc1N)c1c(O)sc(=O)[nH]c1=O. The second kappa shape index (κ2) is 5.07. The fourth-order valence-electron chi connectivity index (χ4n) is 1.66. The first kappa shape index (κ1) is 13.0. The van der Waals surface area contributed by atoms with Gasteiger partial charge in [0.2, 0.25) is 0 Å². The van der Waals surface area contributed by atoms with Crippen LogP contribution < -0.4 is 16.2 Å². The highest BCUT2D eigenvalue weighted by Crippen LogP contribution is 2.19. The Morgan fingerprint density at radius 3 is 2.68 bits per heavy atom. The molecule has 2 rings (SSSR count). The summed E-state index contributed by atoms with van der Waals surface area (Å²) in [6.07, 6.45) is 0.105. The zero-order valence-electron chi connectivity index (χ0n) is 9.77. The summed E-state index contributed by atoms with van der Waals surface area (Å²) in [6.45, 7) is 0. The molecule has 1 aromatic carbocycles. The van der Waals surface area contributed by atoms with E-state index in [1.54, 1.807) is 24.3 Å². The maximum Gasteiger partial charge on any atom is 0.310 e. The van der Waals surface area contributed by atoms with Gasteiger partial charge in [0, 0.05) is 12.1 Å². The van der Waals surface area contributed by atoms with E-state index in [1.165, 1.54) is 0 Å². The van der Waals surface area contributed by atoms with Gasteiger partial charge >= 0.3 is 4.87 Å². The third kappa shape index (κ3) is 2.71. The van der Waals surface area contributed by atoms with E-state index in [0.29, 0.717) is 22.6 Å². The molecule has 6 nitrogen and oxygen atoms in total. The molecule has 0 amide bonds. The molecule has 0 saturated carbocycles. The van der Waals surface area contributed by atoms with Crippen molar-refractivity contribution in [3.05, 3.63) is 55.4 Å². The number of aromatic hydroxyl groups is 1. The summed E-state index contributed by atoms with van der Waals surface area (Å²) in [6, 6.07) is 6.96. The Morgan fingerprint density at radius 2 is 2.05 bits per heavy atom. The smallest absolute Gasteiger partial charge is 0.310 e. The van der Waals surface area contributed by atoms with E-state index in [2.05, 4.69) is 0 Å². The quantitative estimate of drug-likeness (QED) is 0.487. The first-order valence-electron chi connectivity index (χ1n) is 5.36. The molecular formula is C12H11N3O3S. The maximum absolute atomic E-state index is 11.6. The number of hydrogen-bond donors (Lipinski definition) is 4. The normalized spacial score (nSPS) is 10.3.